The molecule has 0 spiro atoms. The minimum absolute atomic E-state index is 0.985. The van der Waals surface area contributed by atoms with E-state index in [1.165, 1.54) is 98.0 Å². The van der Waals surface area contributed by atoms with Crippen molar-refractivity contribution >= 4 is 8.58 Å². The van der Waals surface area contributed by atoms with Gasteiger partial charge in [-0.3, -0.25) is 0 Å². The lowest BCUT2D eigenvalue weighted by atomic mass is 10.0. The molecule has 2 atom stereocenters. The summed E-state index contributed by atoms with van der Waals surface area (Å²) in [6.45, 7) is 7.06. The molecule has 0 aliphatic rings. The van der Waals surface area contributed by atoms with Gasteiger partial charge < -0.3 is 0 Å². The van der Waals surface area contributed by atoms with Crippen molar-refractivity contribution in [3.63, 3.8) is 0 Å². The van der Waals surface area contributed by atoms with Crippen molar-refractivity contribution in [3.8, 4) is 0 Å². The lowest BCUT2D eigenvalue weighted by Gasteiger charge is -2.10. The summed E-state index contributed by atoms with van der Waals surface area (Å²) in [5, 5.41) is 0. The van der Waals surface area contributed by atoms with Crippen LogP contribution in [0.4, 0.5) is 0 Å². The standard InChI is InChI=1S/C18H39P/c1-4-6-7-8-9-10-11-12-13-14-15-18(3)17-19-16-5-2/h18-19H,4-17H2,1-3H3. The fourth-order valence-corrected chi connectivity index (χ4v) is 3.86. The normalized spacial score (nSPS) is 13.4. The minimum atomic E-state index is 0.985. The number of unbranched alkanes of at least 4 members (excludes halogenated alkanes) is 9. The number of rotatable bonds is 15. The van der Waals surface area contributed by atoms with Crippen LogP contribution in [0.5, 0.6) is 0 Å². The molecule has 116 valence electrons. The zero-order valence-electron chi connectivity index (χ0n) is 14.0. The van der Waals surface area contributed by atoms with E-state index in [1.54, 1.807) is 0 Å². The van der Waals surface area contributed by atoms with E-state index in [-0.39, 0.29) is 0 Å². The zero-order valence-corrected chi connectivity index (χ0v) is 15.0. The summed E-state index contributed by atoms with van der Waals surface area (Å²) in [7, 11) is 1.22. The molecule has 0 heterocycles. The summed E-state index contributed by atoms with van der Waals surface area (Å²) in [6, 6.07) is 0. The van der Waals surface area contributed by atoms with Crippen LogP contribution in [0.15, 0.2) is 0 Å². The molecule has 1 heteroatoms. The Morgan fingerprint density at radius 3 is 1.74 bits per heavy atom. The first-order valence-electron chi connectivity index (χ1n) is 9.02. The average molecular weight is 286 g/mol. The molecule has 0 aliphatic heterocycles. The van der Waals surface area contributed by atoms with Gasteiger partial charge in [0.1, 0.15) is 0 Å². The van der Waals surface area contributed by atoms with Gasteiger partial charge in [0.25, 0.3) is 0 Å². The molecule has 0 rings (SSSR count). The van der Waals surface area contributed by atoms with E-state index in [4.69, 9.17) is 0 Å². The van der Waals surface area contributed by atoms with Gasteiger partial charge in [0, 0.05) is 0 Å². The molecule has 0 bridgehead atoms. The van der Waals surface area contributed by atoms with E-state index in [0.29, 0.717) is 0 Å². The van der Waals surface area contributed by atoms with Gasteiger partial charge in [-0.2, -0.15) is 0 Å². The Bertz CT molecular complexity index is 156. The fourth-order valence-electron chi connectivity index (χ4n) is 2.61. The third kappa shape index (κ3) is 16.4. The smallest absolute Gasteiger partial charge is 0.0328 e. The van der Waals surface area contributed by atoms with Crippen LogP contribution in [0.2, 0.25) is 0 Å². The molecule has 0 N–H and O–H groups in total. The van der Waals surface area contributed by atoms with Gasteiger partial charge >= 0.3 is 0 Å². The minimum Gasteiger partial charge on any atom is -0.122 e. The van der Waals surface area contributed by atoms with Crippen molar-refractivity contribution in [1.82, 2.24) is 0 Å². The second kappa shape index (κ2) is 16.5. The summed E-state index contributed by atoms with van der Waals surface area (Å²) in [4.78, 5) is 0. The highest BCUT2D eigenvalue weighted by Gasteiger charge is 2.01. The SMILES string of the molecule is CCCCCCCCCCCCC(C)CPCCC. The number of hydrogen-bond donors (Lipinski definition) is 0. The Morgan fingerprint density at radius 1 is 0.684 bits per heavy atom. The summed E-state index contributed by atoms with van der Waals surface area (Å²) in [6.07, 6.45) is 20.5. The van der Waals surface area contributed by atoms with Crippen molar-refractivity contribution in [3.05, 3.63) is 0 Å². The Hall–Kier alpha value is 0.430. The predicted molar refractivity (Wildman–Crippen MR) is 94.0 cm³/mol. The quantitative estimate of drug-likeness (QED) is 0.224. The van der Waals surface area contributed by atoms with Crippen molar-refractivity contribution in [2.45, 2.75) is 97.8 Å². The zero-order chi connectivity index (χ0) is 14.2. The van der Waals surface area contributed by atoms with Crippen LogP contribution in [0, 0.1) is 5.92 Å². The molecule has 0 saturated carbocycles. The number of hydrogen-bond acceptors (Lipinski definition) is 0. The molecule has 2 unspecified atom stereocenters. The van der Waals surface area contributed by atoms with E-state index in [9.17, 15) is 0 Å². The molecular formula is C18H39P. The summed E-state index contributed by atoms with van der Waals surface area (Å²) >= 11 is 0. The molecule has 0 aromatic heterocycles. The van der Waals surface area contributed by atoms with Crippen LogP contribution in [-0.4, -0.2) is 12.3 Å². The molecule has 19 heavy (non-hydrogen) atoms. The largest absolute Gasteiger partial charge is 0.122 e. The summed E-state index contributed by atoms with van der Waals surface area (Å²) < 4.78 is 0. The molecule has 0 aromatic carbocycles. The molecular weight excluding hydrogens is 247 g/mol. The lowest BCUT2D eigenvalue weighted by molar-refractivity contribution is 0.509. The summed E-state index contributed by atoms with van der Waals surface area (Å²) in [5.74, 6) is 0.985. The van der Waals surface area contributed by atoms with Crippen molar-refractivity contribution < 1.29 is 0 Å². The van der Waals surface area contributed by atoms with Crippen LogP contribution in [0.25, 0.3) is 0 Å². The highest BCUT2D eigenvalue weighted by molar-refractivity contribution is 7.37. The molecule has 0 fully saturated rings. The molecule has 0 radical (unpaired) electrons. The Kier molecular flexibility index (Phi) is 16.9. The lowest BCUT2D eigenvalue weighted by Crippen LogP contribution is -1.97. The van der Waals surface area contributed by atoms with Crippen LogP contribution in [0.1, 0.15) is 97.8 Å². The van der Waals surface area contributed by atoms with Crippen molar-refractivity contribution in [2.24, 2.45) is 5.92 Å². The predicted octanol–water partition coefficient (Wildman–Crippen LogP) is 7.02. The Balaban J connectivity index is 3.05. The van der Waals surface area contributed by atoms with E-state index >= 15 is 0 Å². The van der Waals surface area contributed by atoms with E-state index in [1.807, 2.05) is 0 Å². The molecule has 0 saturated heterocycles. The Labute approximate surface area is 125 Å². The van der Waals surface area contributed by atoms with E-state index < -0.39 is 0 Å². The molecule has 0 aromatic rings. The summed E-state index contributed by atoms with van der Waals surface area (Å²) in [5.41, 5.74) is 0. The van der Waals surface area contributed by atoms with Gasteiger partial charge in [0.05, 0.1) is 0 Å². The third-order valence-electron chi connectivity index (χ3n) is 3.97. The second-order valence-corrected chi connectivity index (χ2v) is 7.69. The molecule has 0 aliphatic carbocycles. The highest BCUT2D eigenvalue weighted by Crippen LogP contribution is 2.21. The van der Waals surface area contributed by atoms with Gasteiger partial charge in [-0.25, -0.2) is 0 Å². The first-order chi connectivity index (χ1) is 9.31. The fraction of sp³-hybridized carbons (Fsp3) is 1.00. The monoisotopic (exact) mass is 286 g/mol. The van der Waals surface area contributed by atoms with Crippen LogP contribution < -0.4 is 0 Å². The van der Waals surface area contributed by atoms with Crippen LogP contribution >= 0.6 is 8.58 Å². The van der Waals surface area contributed by atoms with Gasteiger partial charge in [-0.05, 0) is 18.2 Å². The van der Waals surface area contributed by atoms with Crippen LogP contribution in [-0.2, 0) is 0 Å². The molecule has 0 nitrogen and oxygen atoms in total. The van der Waals surface area contributed by atoms with Gasteiger partial charge in [-0.1, -0.05) is 97.8 Å². The average Bonchev–Trinajstić information content (AvgIpc) is 2.41. The maximum absolute atomic E-state index is 2.45. The van der Waals surface area contributed by atoms with Crippen LogP contribution in [0.3, 0.4) is 0 Å². The molecule has 0 amide bonds. The maximum Gasteiger partial charge on any atom is -0.0328 e. The topological polar surface area (TPSA) is 0 Å². The van der Waals surface area contributed by atoms with Gasteiger partial charge in [-0.15, -0.1) is 8.58 Å². The highest BCUT2D eigenvalue weighted by atomic mass is 31.1. The Morgan fingerprint density at radius 2 is 1.21 bits per heavy atom. The van der Waals surface area contributed by atoms with E-state index in [2.05, 4.69) is 20.8 Å². The van der Waals surface area contributed by atoms with E-state index in [0.717, 1.165) is 5.92 Å². The van der Waals surface area contributed by atoms with Gasteiger partial charge in [0.15, 0.2) is 0 Å². The first kappa shape index (κ1) is 19.4. The second-order valence-electron chi connectivity index (χ2n) is 6.28. The first-order valence-corrected chi connectivity index (χ1v) is 10.4. The van der Waals surface area contributed by atoms with Crippen molar-refractivity contribution in [2.75, 3.05) is 12.3 Å². The van der Waals surface area contributed by atoms with Gasteiger partial charge in [0.2, 0.25) is 0 Å². The van der Waals surface area contributed by atoms with Crippen molar-refractivity contribution in [1.29, 1.82) is 0 Å². The third-order valence-corrected chi connectivity index (χ3v) is 5.81. The maximum atomic E-state index is 2.45.